The van der Waals surface area contributed by atoms with Gasteiger partial charge in [-0.1, -0.05) is 0 Å². The molecule has 0 fully saturated rings. The predicted molar refractivity (Wildman–Crippen MR) is 45.5 cm³/mol. The third kappa shape index (κ3) is 3.79. The molecule has 0 bridgehead atoms. The first kappa shape index (κ1) is 12.5. The maximum absolute atomic E-state index is 9.16. The summed E-state index contributed by atoms with van der Waals surface area (Å²) in [5.74, 6) is 0. The Kier molecular flexibility index (Phi) is 5.76. The van der Waals surface area contributed by atoms with Gasteiger partial charge in [-0.25, -0.2) is 0 Å². The van der Waals surface area contributed by atoms with Crippen molar-refractivity contribution in [1.82, 2.24) is 0 Å². The average molecular weight is 193 g/mol. The number of hydrogen-bond acceptors (Lipinski definition) is 6. The lowest BCUT2D eigenvalue weighted by Crippen LogP contribution is -2.46. The molecule has 0 saturated carbocycles. The van der Waals surface area contributed by atoms with Gasteiger partial charge in [-0.2, -0.15) is 0 Å². The molecule has 4 atom stereocenters. The zero-order chi connectivity index (χ0) is 10.4. The minimum Gasteiger partial charge on any atom is -0.394 e. The number of rotatable bonds is 5. The second-order valence-corrected chi connectivity index (χ2v) is 2.63. The van der Waals surface area contributed by atoms with Gasteiger partial charge < -0.3 is 25.5 Å². The Hall–Kier alpha value is -0.530. The molecule has 13 heavy (non-hydrogen) atoms. The molecule has 0 aliphatic rings. The van der Waals surface area contributed by atoms with E-state index in [1.165, 1.54) is 7.05 Å². The van der Waals surface area contributed by atoms with Gasteiger partial charge in [0.2, 0.25) is 0 Å². The van der Waals surface area contributed by atoms with Crippen molar-refractivity contribution in [2.24, 2.45) is 4.99 Å². The van der Waals surface area contributed by atoms with E-state index in [-0.39, 0.29) is 0 Å². The van der Waals surface area contributed by atoms with Gasteiger partial charge in [0, 0.05) is 13.3 Å². The molecule has 0 heterocycles. The highest BCUT2D eigenvalue weighted by Gasteiger charge is 2.28. The summed E-state index contributed by atoms with van der Waals surface area (Å²) in [5.41, 5.74) is 0. The average Bonchev–Trinajstić information content (AvgIpc) is 2.14. The molecule has 78 valence electrons. The third-order valence-electron chi connectivity index (χ3n) is 1.58. The maximum atomic E-state index is 9.16. The van der Waals surface area contributed by atoms with Crippen molar-refractivity contribution in [2.75, 3.05) is 13.7 Å². The van der Waals surface area contributed by atoms with Crippen LogP contribution in [0.3, 0.4) is 0 Å². The van der Waals surface area contributed by atoms with Gasteiger partial charge in [-0.3, -0.25) is 4.99 Å². The number of nitrogens with zero attached hydrogens (tertiary/aromatic N) is 1. The SMILES string of the molecule is CN=C[C@@H](O)[C@@H](O)[C@H](O)[C@H](O)CO. The van der Waals surface area contributed by atoms with Crippen LogP contribution in [0.2, 0.25) is 0 Å². The summed E-state index contributed by atoms with van der Waals surface area (Å²) in [6, 6.07) is 0. The molecule has 0 aromatic carbocycles. The Morgan fingerprint density at radius 2 is 1.69 bits per heavy atom. The molecule has 0 aromatic heterocycles. The van der Waals surface area contributed by atoms with Gasteiger partial charge in [0.1, 0.15) is 24.4 Å². The lowest BCUT2D eigenvalue weighted by molar-refractivity contribution is -0.0999. The van der Waals surface area contributed by atoms with E-state index < -0.39 is 31.0 Å². The largest absolute Gasteiger partial charge is 0.394 e. The van der Waals surface area contributed by atoms with E-state index in [1.807, 2.05) is 0 Å². The van der Waals surface area contributed by atoms with E-state index in [9.17, 15) is 0 Å². The summed E-state index contributed by atoms with van der Waals surface area (Å²) in [4.78, 5) is 3.43. The Bertz CT molecular complexity index is 163. The van der Waals surface area contributed by atoms with Crippen LogP contribution >= 0.6 is 0 Å². The number of aliphatic hydroxyl groups excluding tert-OH is 5. The molecular formula is C7H15NO5. The predicted octanol–water partition coefficient (Wildman–Crippen LogP) is -2.88. The molecule has 0 amide bonds. The lowest BCUT2D eigenvalue weighted by Gasteiger charge is -2.23. The maximum Gasteiger partial charge on any atom is 0.117 e. The fourth-order valence-electron chi connectivity index (χ4n) is 0.779. The van der Waals surface area contributed by atoms with Crippen molar-refractivity contribution in [1.29, 1.82) is 0 Å². The minimum absolute atomic E-state index is 0.686. The van der Waals surface area contributed by atoms with Gasteiger partial charge in [0.15, 0.2) is 0 Å². The van der Waals surface area contributed by atoms with Crippen LogP contribution in [0, 0.1) is 0 Å². The Balaban J connectivity index is 4.15. The summed E-state index contributed by atoms with van der Waals surface area (Å²) in [5, 5.41) is 44.7. The molecule has 0 radical (unpaired) electrons. The van der Waals surface area contributed by atoms with Crippen molar-refractivity contribution in [3.8, 4) is 0 Å². The Labute approximate surface area is 75.8 Å². The molecule has 0 aromatic rings. The van der Waals surface area contributed by atoms with E-state index in [2.05, 4.69) is 4.99 Å². The molecule has 0 aliphatic heterocycles. The van der Waals surface area contributed by atoms with Crippen LogP contribution in [0.4, 0.5) is 0 Å². The summed E-state index contributed by atoms with van der Waals surface area (Å²) < 4.78 is 0. The van der Waals surface area contributed by atoms with Crippen LogP contribution in [0.1, 0.15) is 0 Å². The van der Waals surface area contributed by atoms with Crippen LogP contribution < -0.4 is 0 Å². The lowest BCUT2D eigenvalue weighted by atomic mass is 10.0. The molecule has 0 unspecified atom stereocenters. The molecule has 5 N–H and O–H groups in total. The molecule has 0 aliphatic carbocycles. The highest BCUT2D eigenvalue weighted by Crippen LogP contribution is 2.03. The van der Waals surface area contributed by atoms with Crippen molar-refractivity contribution in [2.45, 2.75) is 24.4 Å². The number of aliphatic hydroxyl groups is 5. The van der Waals surface area contributed by atoms with E-state index in [0.29, 0.717) is 0 Å². The highest BCUT2D eigenvalue weighted by molar-refractivity contribution is 5.63. The van der Waals surface area contributed by atoms with Crippen LogP contribution in [0.5, 0.6) is 0 Å². The Morgan fingerprint density at radius 3 is 2.08 bits per heavy atom. The quantitative estimate of drug-likeness (QED) is 0.301. The molecular weight excluding hydrogens is 178 g/mol. The van der Waals surface area contributed by atoms with E-state index in [4.69, 9.17) is 25.5 Å². The van der Waals surface area contributed by atoms with E-state index in [0.717, 1.165) is 6.21 Å². The second-order valence-electron chi connectivity index (χ2n) is 2.63. The van der Waals surface area contributed by atoms with Gasteiger partial charge in [0.05, 0.1) is 6.61 Å². The summed E-state index contributed by atoms with van der Waals surface area (Å²) >= 11 is 0. The van der Waals surface area contributed by atoms with E-state index in [1.54, 1.807) is 0 Å². The molecule has 0 rings (SSSR count). The first-order valence-corrected chi connectivity index (χ1v) is 3.80. The molecule has 6 heteroatoms. The van der Waals surface area contributed by atoms with Gasteiger partial charge in [-0.05, 0) is 0 Å². The van der Waals surface area contributed by atoms with Crippen molar-refractivity contribution < 1.29 is 25.5 Å². The summed E-state index contributed by atoms with van der Waals surface area (Å²) in [7, 11) is 1.39. The normalized spacial score (nSPS) is 21.4. The third-order valence-corrected chi connectivity index (χ3v) is 1.58. The molecule has 0 saturated heterocycles. The topological polar surface area (TPSA) is 114 Å². The highest BCUT2D eigenvalue weighted by atomic mass is 16.4. The van der Waals surface area contributed by atoms with Crippen LogP contribution in [-0.4, -0.2) is 69.8 Å². The number of aliphatic imine (C=N–C) groups is 1. The van der Waals surface area contributed by atoms with Crippen LogP contribution in [0.25, 0.3) is 0 Å². The zero-order valence-corrected chi connectivity index (χ0v) is 7.28. The first-order valence-electron chi connectivity index (χ1n) is 3.80. The first-order chi connectivity index (χ1) is 6.04. The second kappa shape index (κ2) is 6.01. The van der Waals surface area contributed by atoms with Gasteiger partial charge in [0.25, 0.3) is 0 Å². The van der Waals surface area contributed by atoms with E-state index >= 15 is 0 Å². The zero-order valence-electron chi connectivity index (χ0n) is 7.28. The minimum atomic E-state index is -1.60. The summed E-state index contributed by atoms with van der Waals surface area (Å²) in [6.07, 6.45) is -4.97. The fourth-order valence-corrected chi connectivity index (χ4v) is 0.779. The summed E-state index contributed by atoms with van der Waals surface area (Å²) in [6.45, 7) is -0.686. The van der Waals surface area contributed by atoms with Crippen molar-refractivity contribution in [3.63, 3.8) is 0 Å². The van der Waals surface area contributed by atoms with Crippen LogP contribution in [-0.2, 0) is 0 Å². The molecule has 6 nitrogen and oxygen atoms in total. The standard InChI is InChI=1S/C7H15NO5/c1-8-2-4(10)6(12)7(13)5(11)3-9/h2,4-7,9-13H,3H2,1H3/t4-,5-,6-,7-/m1/s1. The van der Waals surface area contributed by atoms with Gasteiger partial charge >= 0.3 is 0 Å². The van der Waals surface area contributed by atoms with Crippen molar-refractivity contribution in [3.05, 3.63) is 0 Å². The smallest absolute Gasteiger partial charge is 0.117 e. The Morgan fingerprint density at radius 1 is 1.15 bits per heavy atom. The monoisotopic (exact) mass is 193 g/mol. The van der Waals surface area contributed by atoms with Crippen molar-refractivity contribution >= 4 is 6.21 Å². The van der Waals surface area contributed by atoms with Crippen LogP contribution in [0.15, 0.2) is 4.99 Å². The number of hydrogen-bond donors (Lipinski definition) is 5. The fraction of sp³-hybridized carbons (Fsp3) is 0.857. The van der Waals surface area contributed by atoms with Gasteiger partial charge in [-0.15, -0.1) is 0 Å². The molecule has 0 spiro atoms.